The molecule has 0 bridgehead atoms. The molecule has 0 amide bonds. The van der Waals surface area contributed by atoms with Crippen LogP contribution in [-0.4, -0.2) is 18.4 Å². The highest BCUT2D eigenvalue weighted by molar-refractivity contribution is 7.60. The highest BCUT2D eigenvalue weighted by Crippen LogP contribution is 2.35. The second-order valence-corrected chi connectivity index (χ2v) is 6.78. The highest BCUT2D eigenvalue weighted by Gasteiger charge is 2.10. The second-order valence-electron chi connectivity index (χ2n) is 4.04. The van der Waals surface area contributed by atoms with Gasteiger partial charge in [-0.1, -0.05) is 41.0 Å². The second kappa shape index (κ2) is 7.29. The smallest absolute Gasteiger partial charge is 0.0255 e. The van der Waals surface area contributed by atoms with Crippen LogP contribution in [0.25, 0.3) is 0 Å². The Morgan fingerprint density at radius 2 is 1.79 bits per heavy atom. The Morgan fingerprint density at radius 1 is 1.14 bits per heavy atom. The van der Waals surface area contributed by atoms with Gasteiger partial charge in [0, 0.05) is 6.04 Å². The van der Waals surface area contributed by atoms with Crippen molar-refractivity contribution in [3.63, 3.8) is 0 Å². The van der Waals surface area contributed by atoms with Gasteiger partial charge in [-0.25, -0.2) is 0 Å². The summed E-state index contributed by atoms with van der Waals surface area (Å²) in [6.07, 6.45) is 11.9. The molecule has 0 aromatic heterocycles. The maximum atomic E-state index is 3.56. The summed E-state index contributed by atoms with van der Waals surface area (Å²) < 4.78 is 0. The van der Waals surface area contributed by atoms with Gasteiger partial charge in [0.25, 0.3) is 0 Å². The number of rotatable bonds is 5. The maximum absolute atomic E-state index is 3.56. The van der Waals surface area contributed by atoms with Crippen LogP contribution in [0.5, 0.6) is 0 Å². The quantitative estimate of drug-likeness (QED) is 0.683. The van der Waals surface area contributed by atoms with Crippen LogP contribution in [0.2, 0.25) is 0 Å². The monoisotopic (exact) mass is 213 g/mol. The zero-order valence-electron chi connectivity index (χ0n) is 9.63. The third kappa shape index (κ3) is 4.46. The maximum Gasteiger partial charge on any atom is 0.0255 e. The normalized spacial score (nSPS) is 19.4. The first kappa shape index (κ1) is 12.0. The van der Waals surface area contributed by atoms with Crippen molar-refractivity contribution in [2.75, 3.05) is 12.3 Å². The molecule has 1 rings (SSSR count). The van der Waals surface area contributed by atoms with Crippen molar-refractivity contribution in [1.29, 1.82) is 0 Å². The molecule has 0 aromatic carbocycles. The van der Waals surface area contributed by atoms with Crippen LogP contribution in [0, 0.1) is 0 Å². The molecular formula is C12H24NP. The first-order valence-electron chi connectivity index (χ1n) is 6.03. The predicted octanol–water partition coefficient (Wildman–Crippen LogP) is 3.90. The van der Waals surface area contributed by atoms with Gasteiger partial charge in [0.15, 0.2) is 0 Å². The van der Waals surface area contributed by atoms with Crippen molar-refractivity contribution in [3.8, 4) is 0 Å². The van der Waals surface area contributed by atoms with E-state index in [1.54, 1.807) is 0 Å². The Labute approximate surface area is 90.1 Å². The molecule has 1 aliphatic carbocycles. The van der Waals surface area contributed by atoms with Gasteiger partial charge in [-0.3, -0.25) is 0 Å². The van der Waals surface area contributed by atoms with E-state index in [0.29, 0.717) is 0 Å². The van der Waals surface area contributed by atoms with Crippen molar-refractivity contribution in [2.45, 2.75) is 52.0 Å². The van der Waals surface area contributed by atoms with E-state index in [-0.39, 0.29) is 7.92 Å². The Hall–Kier alpha value is -0.0300. The molecule has 82 valence electrons. The lowest BCUT2D eigenvalue weighted by molar-refractivity contribution is 0.404. The minimum Gasteiger partial charge on any atom is -0.388 e. The van der Waals surface area contributed by atoms with Gasteiger partial charge in [0.05, 0.1) is 0 Å². The van der Waals surface area contributed by atoms with Gasteiger partial charge in [0.1, 0.15) is 0 Å². The Kier molecular flexibility index (Phi) is 6.27. The van der Waals surface area contributed by atoms with Crippen LogP contribution in [0.15, 0.2) is 12.0 Å². The lowest BCUT2D eigenvalue weighted by Crippen LogP contribution is -2.26. The summed E-state index contributed by atoms with van der Waals surface area (Å²) in [6.45, 7) is 4.58. The third-order valence-corrected chi connectivity index (χ3v) is 5.23. The number of hydrogen-bond acceptors (Lipinski definition) is 1. The van der Waals surface area contributed by atoms with Crippen molar-refractivity contribution < 1.29 is 0 Å². The standard InChI is InChI=1S/C12H24NP/c1-3-14(4-2)11-10-13-12-8-6-5-7-9-12/h10-13H,3-9H2,1-2H3. The van der Waals surface area contributed by atoms with E-state index in [2.05, 4.69) is 31.2 Å². The fourth-order valence-corrected chi connectivity index (χ4v) is 3.15. The van der Waals surface area contributed by atoms with E-state index < -0.39 is 0 Å². The molecule has 0 spiro atoms. The van der Waals surface area contributed by atoms with E-state index in [1.807, 2.05) is 0 Å². The van der Waals surface area contributed by atoms with Gasteiger partial charge >= 0.3 is 0 Å². The van der Waals surface area contributed by atoms with Gasteiger partial charge in [0.2, 0.25) is 0 Å². The zero-order chi connectivity index (χ0) is 10.2. The van der Waals surface area contributed by atoms with Crippen molar-refractivity contribution in [3.05, 3.63) is 12.0 Å². The summed E-state index contributed by atoms with van der Waals surface area (Å²) in [4.78, 5) is 0. The third-order valence-electron chi connectivity index (χ3n) is 3.03. The molecule has 1 nitrogen and oxygen atoms in total. The van der Waals surface area contributed by atoms with E-state index >= 15 is 0 Å². The van der Waals surface area contributed by atoms with Gasteiger partial charge < -0.3 is 5.32 Å². The molecule has 0 atom stereocenters. The van der Waals surface area contributed by atoms with Gasteiger partial charge in [-0.05, 0) is 37.2 Å². The summed E-state index contributed by atoms with van der Waals surface area (Å²) in [5, 5.41) is 3.56. The average molecular weight is 213 g/mol. The summed E-state index contributed by atoms with van der Waals surface area (Å²) in [5.41, 5.74) is 0. The van der Waals surface area contributed by atoms with E-state index in [4.69, 9.17) is 0 Å². The lowest BCUT2D eigenvalue weighted by atomic mass is 9.96. The average Bonchev–Trinajstić information content (AvgIpc) is 2.26. The molecule has 0 aliphatic heterocycles. The first-order chi connectivity index (χ1) is 6.86. The molecule has 0 aromatic rings. The number of hydrogen-bond donors (Lipinski definition) is 1. The van der Waals surface area contributed by atoms with Gasteiger partial charge in [-0.15, -0.1) is 0 Å². The Morgan fingerprint density at radius 3 is 2.36 bits per heavy atom. The molecule has 1 N–H and O–H groups in total. The molecule has 1 aliphatic rings. The van der Waals surface area contributed by atoms with Crippen LogP contribution in [0.3, 0.4) is 0 Å². The first-order valence-corrected chi connectivity index (χ1v) is 7.81. The van der Waals surface area contributed by atoms with Crippen LogP contribution in [0.4, 0.5) is 0 Å². The lowest BCUT2D eigenvalue weighted by Gasteiger charge is -2.22. The van der Waals surface area contributed by atoms with Crippen LogP contribution >= 0.6 is 7.92 Å². The van der Waals surface area contributed by atoms with Crippen molar-refractivity contribution in [2.24, 2.45) is 0 Å². The highest BCUT2D eigenvalue weighted by atomic mass is 31.1. The molecule has 0 unspecified atom stereocenters. The fourth-order valence-electron chi connectivity index (χ4n) is 1.99. The largest absolute Gasteiger partial charge is 0.388 e. The van der Waals surface area contributed by atoms with Crippen LogP contribution < -0.4 is 5.32 Å². The molecule has 1 saturated carbocycles. The molecule has 1 fully saturated rings. The van der Waals surface area contributed by atoms with E-state index in [9.17, 15) is 0 Å². The molecular weight excluding hydrogens is 189 g/mol. The summed E-state index contributed by atoms with van der Waals surface area (Å²) >= 11 is 0. The Balaban J connectivity index is 2.17. The molecule has 2 heteroatoms. The Bertz CT molecular complexity index is 158. The van der Waals surface area contributed by atoms with Crippen LogP contribution in [-0.2, 0) is 0 Å². The molecule has 0 heterocycles. The molecule has 0 saturated heterocycles. The fraction of sp³-hybridized carbons (Fsp3) is 0.833. The molecule has 14 heavy (non-hydrogen) atoms. The SMILES string of the molecule is CCP(C=CNC1CCCCC1)CC. The van der Waals surface area contributed by atoms with Crippen LogP contribution in [0.1, 0.15) is 46.0 Å². The van der Waals surface area contributed by atoms with E-state index in [0.717, 1.165) is 6.04 Å². The molecule has 0 radical (unpaired) electrons. The predicted molar refractivity (Wildman–Crippen MR) is 67.2 cm³/mol. The summed E-state index contributed by atoms with van der Waals surface area (Å²) in [6, 6.07) is 0.769. The van der Waals surface area contributed by atoms with E-state index in [1.165, 1.54) is 44.4 Å². The minimum atomic E-state index is 0.174. The van der Waals surface area contributed by atoms with Crippen molar-refractivity contribution >= 4 is 7.92 Å². The number of nitrogens with one attached hydrogen (secondary N) is 1. The van der Waals surface area contributed by atoms with Crippen molar-refractivity contribution in [1.82, 2.24) is 5.32 Å². The summed E-state index contributed by atoms with van der Waals surface area (Å²) in [7, 11) is 0.174. The van der Waals surface area contributed by atoms with Gasteiger partial charge in [-0.2, -0.15) is 0 Å². The zero-order valence-corrected chi connectivity index (χ0v) is 10.5. The topological polar surface area (TPSA) is 12.0 Å². The minimum absolute atomic E-state index is 0.174. The summed E-state index contributed by atoms with van der Waals surface area (Å²) in [5.74, 6) is 2.41.